The van der Waals surface area contributed by atoms with Gasteiger partial charge in [-0.2, -0.15) is 21.0 Å². The van der Waals surface area contributed by atoms with Crippen LogP contribution in [0.2, 0.25) is 0 Å². The van der Waals surface area contributed by atoms with E-state index in [2.05, 4.69) is 36.4 Å². The first-order chi connectivity index (χ1) is 24.0. The first-order valence-electron chi connectivity index (χ1n) is 15.2. The smallest absolute Gasteiger partial charge is 0.171 e. The molecule has 8 nitrogen and oxygen atoms in total. The van der Waals surface area contributed by atoms with E-state index in [0.29, 0.717) is 46.0 Å². The Morgan fingerprint density at radius 3 is 1.06 bits per heavy atom. The highest BCUT2D eigenvalue weighted by atomic mass is 16.6. The molecule has 0 N–H and O–H groups in total. The van der Waals surface area contributed by atoms with Gasteiger partial charge in [0, 0.05) is 24.3 Å². The largest absolute Gasteiger partial charge is 0.449 e. The Morgan fingerprint density at radius 2 is 0.694 bits per heavy atom. The number of hydrogen-bond acceptors (Lipinski definition) is 8. The Labute approximate surface area is 280 Å². The Balaban J connectivity index is 1.24. The van der Waals surface area contributed by atoms with Crippen LogP contribution in [-0.4, -0.2) is 0 Å². The maximum atomic E-state index is 9.62. The minimum Gasteiger partial charge on any atom is -0.449 e. The van der Waals surface area contributed by atoms with E-state index in [9.17, 15) is 21.0 Å². The summed E-state index contributed by atoms with van der Waals surface area (Å²) in [5, 5.41) is 38.3. The number of nitrogens with zero attached hydrogens (tertiary/aromatic N) is 4. The molecule has 49 heavy (non-hydrogen) atoms. The molecule has 8 heteroatoms. The lowest BCUT2D eigenvalue weighted by atomic mass is 9.67. The van der Waals surface area contributed by atoms with Crippen LogP contribution in [0, 0.1) is 45.3 Å². The molecular weight excluding hydrogens is 612 g/mol. The van der Waals surface area contributed by atoms with Crippen LogP contribution in [0.5, 0.6) is 46.0 Å². The van der Waals surface area contributed by atoms with E-state index in [1.54, 1.807) is 0 Å². The lowest BCUT2D eigenvalue weighted by Crippen LogP contribution is -2.28. The summed E-state index contributed by atoms with van der Waals surface area (Å²) in [6.45, 7) is 0. The molecule has 0 bridgehead atoms. The molecule has 0 radical (unpaired) electrons. The van der Waals surface area contributed by atoms with Gasteiger partial charge in [-0.05, 0) is 57.6 Å². The van der Waals surface area contributed by atoms with Gasteiger partial charge in [-0.3, -0.25) is 0 Å². The molecule has 2 heterocycles. The predicted molar refractivity (Wildman–Crippen MR) is 176 cm³/mol. The van der Waals surface area contributed by atoms with Gasteiger partial charge in [-0.15, -0.1) is 0 Å². The highest BCUT2D eigenvalue weighted by Crippen LogP contribution is 2.59. The van der Waals surface area contributed by atoms with Crippen LogP contribution in [0.3, 0.4) is 0 Å². The summed E-state index contributed by atoms with van der Waals surface area (Å²) in [6.07, 6.45) is 0. The van der Waals surface area contributed by atoms with Crippen LogP contribution >= 0.6 is 0 Å². The molecule has 6 aromatic carbocycles. The maximum absolute atomic E-state index is 9.62. The molecule has 0 fully saturated rings. The van der Waals surface area contributed by atoms with Gasteiger partial charge in [0.25, 0.3) is 0 Å². The molecule has 226 valence electrons. The topological polar surface area (TPSA) is 132 Å². The van der Waals surface area contributed by atoms with Crippen molar-refractivity contribution in [1.29, 1.82) is 21.0 Å². The van der Waals surface area contributed by atoms with Gasteiger partial charge >= 0.3 is 0 Å². The molecule has 0 saturated carbocycles. The van der Waals surface area contributed by atoms with Crippen molar-refractivity contribution in [3.8, 4) is 81.4 Å². The third kappa shape index (κ3) is 3.87. The first kappa shape index (κ1) is 27.8. The summed E-state index contributed by atoms with van der Waals surface area (Å²) in [4.78, 5) is 0. The predicted octanol–water partition coefficient (Wildman–Crippen LogP) is 9.33. The monoisotopic (exact) mass is 630 g/mol. The van der Waals surface area contributed by atoms with Crippen molar-refractivity contribution in [1.82, 2.24) is 0 Å². The minimum atomic E-state index is -0.838. The van der Waals surface area contributed by atoms with Gasteiger partial charge in [0.2, 0.25) is 0 Å². The standard InChI is InChI=1S/C41H18N4O4/c42-19-23-13-35-37(15-25(23)21-44)48-39-17-27(9-11-33(39)46-35)41(31-7-3-1-5-29(31)30-6-2-4-8-32(30)41)28-10-12-34-40(18-28)49-38-16-26(22-45)24(20-43)14-36(38)47-34/h1-18H. The quantitative estimate of drug-likeness (QED) is 0.185. The normalized spacial score (nSPS) is 13.2. The van der Waals surface area contributed by atoms with E-state index < -0.39 is 5.41 Å². The Hall–Kier alpha value is -7.52. The van der Waals surface area contributed by atoms with Gasteiger partial charge in [-0.25, -0.2) is 0 Å². The molecule has 3 aliphatic rings. The summed E-state index contributed by atoms with van der Waals surface area (Å²) in [5.41, 5.74) is 6.05. The molecule has 0 atom stereocenters. The number of benzene rings is 6. The number of nitriles is 4. The second-order valence-corrected chi connectivity index (χ2v) is 11.7. The number of hydrogen-bond donors (Lipinski definition) is 0. The number of rotatable bonds is 2. The van der Waals surface area contributed by atoms with Crippen molar-refractivity contribution >= 4 is 0 Å². The van der Waals surface area contributed by atoms with E-state index >= 15 is 0 Å². The molecule has 0 spiro atoms. The van der Waals surface area contributed by atoms with Crippen LogP contribution in [0.25, 0.3) is 11.1 Å². The van der Waals surface area contributed by atoms with E-state index in [1.165, 1.54) is 24.3 Å². The second kappa shape index (κ2) is 10.2. The van der Waals surface area contributed by atoms with Gasteiger partial charge in [0.1, 0.15) is 24.3 Å². The van der Waals surface area contributed by atoms with Crippen LogP contribution in [0.15, 0.2) is 109 Å². The van der Waals surface area contributed by atoms with Crippen LogP contribution in [-0.2, 0) is 5.41 Å². The third-order valence-corrected chi connectivity index (χ3v) is 9.23. The maximum Gasteiger partial charge on any atom is 0.171 e. The molecule has 9 rings (SSSR count). The Bertz CT molecular complexity index is 2450. The molecule has 2 aliphatic heterocycles. The highest BCUT2D eigenvalue weighted by Gasteiger charge is 2.47. The van der Waals surface area contributed by atoms with E-state index in [1.807, 2.05) is 72.8 Å². The summed E-state index contributed by atoms with van der Waals surface area (Å²) in [7, 11) is 0. The fourth-order valence-electron chi connectivity index (χ4n) is 7.12. The average molecular weight is 631 g/mol. The SMILES string of the molecule is N#Cc1cc2c(cc1C#N)Oc1cc(C3(c4ccc5c(c4)Oc4cc(C#N)c(C#N)cc4O5)c4ccccc4-c4ccccc43)ccc1O2. The molecule has 0 amide bonds. The van der Waals surface area contributed by atoms with Crippen molar-refractivity contribution in [3.63, 3.8) is 0 Å². The third-order valence-electron chi connectivity index (χ3n) is 9.23. The van der Waals surface area contributed by atoms with E-state index in [4.69, 9.17) is 18.9 Å². The first-order valence-corrected chi connectivity index (χ1v) is 15.2. The van der Waals surface area contributed by atoms with Crippen molar-refractivity contribution in [2.75, 3.05) is 0 Å². The minimum absolute atomic E-state index is 0.197. The lowest BCUT2D eigenvalue weighted by Gasteiger charge is -2.35. The molecule has 6 aromatic rings. The van der Waals surface area contributed by atoms with Gasteiger partial charge in [-0.1, -0.05) is 60.7 Å². The number of fused-ring (bicyclic) bond motifs is 7. The Morgan fingerprint density at radius 1 is 0.367 bits per heavy atom. The summed E-state index contributed by atoms with van der Waals surface area (Å²) in [5.74, 6) is 3.27. The van der Waals surface area contributed by atoms with Crippen molar-refractivity contribution in [2.24, 2.45) is 0 Å². The van der Waals surface area contributed by atoms with Gasteiger partial charge < -0.3 is 18.9 Å². The van der Waals surface area contributed by atoms with Crippen LogP contribution < -0.4 is 18.9 Å². The zero-order valence-electron chi connectivity index (χ0n) is 25.3. The number of ether oxygens (including phenoxy) is 4. The second-order valence-electron chi connectivity index (χ2n) is 11.7. The zero-order valence-corrected chi connectivity index (χ0v) is 25.3. The van der Waals surface area contributed by atoms with Crippen LogP contribution in [0.1, 0.15) is 44.5 Å². The lowest BCUT2D eigenvalue weighted by molar-refractivity contribution is 0.357. The average Bonchev–Trinajstić information content (AvgIpc) is 3.45. The summed E-state index contributed by atoms with van der Waals surface area (Å²) >= 11 is 0. The fraction of sp³-hybridized carbons (Fsp3) is 0.0244. The summed E-state index contributed by atoms with van der Waals surface area (Å²) < 4.78 is 25.1. The van der Waals surface area contributed by atoms with Gasteiger partial charge in [0.15, 0.2) is 46.0 Å². The van der Waals surface area contributed by atoms with Crippen molar-refractivity contribution in [2.45, 2.75) is 5.41 Å². The van der Waals surface area contributed by atoms with Crippen molar-refractivity contribution in [3.05, 3.63) is 154 Å². The summed E-state index contributed by atoms with van der Waals surface area (Å²) in [6, 6.07) is 42.5. The molecule has 0 saturated heterocycles. The molecule has 0 aromatic heterocycles. The molecule has 1 aliphatic carbocycles. The highest BCUT2D eigenvalue weighted by molar-refractivity contribution is 5.87. The molecule has 0 unspecified atom stereocenters. The van der Waals surface area contributed by atoms with Crippen LogP contribution in [0.4, 0.5) is 0 Å². The zero-order chi connectivity index (χ0) is 33.3. The molecular formula is C41H18N4O4. The van der Waals surface area contributed by atoms with Crippen molar-refractivity contribution < 1.29 is 18.9 Å². The van der Waals surface area contributed by atoms with E-state index in [0.717, 1.165) is 33.4 Å². The fourth-order valence-corrected chi connectivity index (χ4v) is 7.12. The van der Waals surface area contributed by atoms with Gasteiger partial charge in [0.05, 0.1) is 27.7 Å². The Kier molecular flexibility index (Phi) is 5.80. The van der Waals surface area contributed by atoms with E-state index in [-0.39, 0.29) is 22.3 Å².